The van der Waals surface area contributed by atoms with Crippen LogP contribution in [0.3, 0.4) is 0 Å². The highest BCUT2D eigenvalue weighted by molar-refractivity contribution is 5.88. The predicted octanol–water partition coefficient (Wildman–Crippen LogP) is 2.74. The molecule has 3 saturated heterocycles. The third kappa shape index (κ3) is 9.49. The second-order valence-corrected chi connectivity index (χ2v) is 12.1. The van der Waals surface area contributed by atoms with E-state index in [1.54, 1.807) is 6.08 Å². The summed E-state index contributed by atoms with van der Waals surface area (Å²) in [6.07, 6.45) is 9.19. The molecule has 3 aliphatic heterocycles. The van der Waals surface area contributed by atoms with Crippen molar-refractivity contribution in [3.8, 4) is 0 Å². The topological polar surface area (TPSA) is 136 Å². The third-order valence-corrected chi connectivity index (χ3v) is 8.11. The molecule has 3 N–H and O–H groups in total. The van der Waals surface area contributed by atoms with E-state index in [0.29, 0.717) is 19.4 Å². The standard InChI is InChI=1S/C31H48N2O8/c1-18(2)30(37)32-21(5)10-13-27(34)33-24-14-20(4)25(40-22(24)6)11-8-19(3)9-12-26-29(36)31(17-39-31)16-23(41-26)15-28(35)38-7/h8-10,12-13,18,20-26,29,36H,11,14-17H2,1-7H3,(H,32,37)(H,33,34)/b12-9+,13-10-,19-8+/t20-,21-,22+,23+,24+,25-,26+,29+,31+/m0/s1. The Morgan fingerprint density at radius 1 is 1.15 bits per heavy atom. The molecule has 0 aromatic rings. The molecular formula is C31H48N2O8. The number of aliphatic hydroxyl groups excluding tert-OH is 1. The zero-order chi connectivity index (χ0) is 30.3. The lowest BCUT2D eigenvalue weighted by Crippen LogP contribution is -2.50. The van der Waals surface area contributed by atoms with Crippen molar-refractivity contribution < 1.29 is 38.4 Å². The van der Waals surface area contributed by atoms with Gasteiger partial charge in [-0.05, 0) is 39.5 Å². The largest absolute Gasteiger partial charge is 0.469 e. The average Bonchev–Trinajstić information content (AvgIpc) is 3.69. The number of allylic oxidation sites excluding steroid dienone is 2. The number of hydrogen-bond donors (Lipinski definition) is 3. The van der Waals surface area contributed by atoms with E-state index in [9.17, 15) is 19.5 Å². The number of aliphatic hydroxyl groups is 1. The van der Waals surface area contributed by atoms with Gasteiger partial charge in [0.2, 0.25) is 11.8 Å². The molecule has 41 heavy (non-hydrogen) atoms. The summed E-state index contributed by atoms with van der Waals surface area (Å²) in [4.78, 5) is 36.1. The molecule has 0 radical (unpaired) electrons. The fraction of sp³-hybridized carbons (Fsp3) is 0.710. The zero-order valence-corrected chi connectivity index (χ0v) is 25.4. The molecule has 0 aliphatic carbocycles. The Morgan fingerprint density at radius 2 is 1.85 bits per heavy atom. The minimum absolute atomic E-state index is 0.00685. The Labute approximate surface area is 243 Å². The van der Waals surface area contributed by atoms with Gasteiger partial charge in [0.25, 0.3) is 0 Å². The van der Waals surface area contributed by atoms with Crippen LogP contribution in [0.5, 0.6) is 0 Å². The van der Waals surface area contributed by atoms with Crippen molar-refractivity contribution >= 4 is 17.8 Å². The van der Waals surface area contributed by atoms with Crippen molar-refractivity contribution in [3.05, 3.63) is 36.0 Å². The first-order valence-corrected chi connectivity index (χ1v) is 14.7. The fourth-order valence-corrected chi connectivity index (χ4v) is 5.30. The fourth-order valence-electron chi connectivity index (χ4n) is 5.30. The molecule has 10 heteroatoms. The summed E-state index contributed by atoms with van der Waals surface area (Å²) >= 11 is 0. The van der Waals surface area contributed by atoms with Gasteiger partial charge in [-0.15, -0.1) is 0 Å². The Morgan fingerprint density at radius 3 is 2.49 bits per heavy atom. The molecule has 3 aliphatic rings. The van der Waals surface area contributed by atoms with Gasteiger partial charge in [-0.1, -0.05) is 50.6 Å². The third-order valence-electron chi connectivity index (χ3n) is 8.11. The first-order chi connectivity index (χ1) is 19.3. The van der Waals surface area contributed by atoms with Crippen LogP contribution in [-0.4, -0.2) is 84.8 Å². The van der Waals surface area contributed by atoms with E-state index in [4.69, 9.17) is 18.9 Å². The van der Waals surface area contributed by atoms with Crippen molar-refractivity contribution in [2.75, 3.05) is 13.7 Å². The molecule has 2 amide bonds. The highest BCUT2D eigenvalue weighted by Crippen LogP contribution is 2.43. The second kappa shape index (κ2) is 14.6. The number of hydrogen-bond acceptors (Lipinski definition) is 8. The molecule has 0 saturated carbocycles. The normalized spacial score (nSPS) is 34.7. The molecule has 3 heterocycles. The first kappa shape index (κ1) is 33.0. The van der Waals surface area contributed by atoms with E-state index in [-0.39, 0.29) is 66.4 Å². The van der Waals surface area contributed by atoms with Gasteiger partial charge in [0.05, 0.1) is 44.5 Å². The minimum atomic E-state index is -0.799. The van der Waals surface area contributed by atoms with E-state index >= 15 is 0 Å². The number of carbonyl (C=O) groups excluding carboxylic acids is 3. The molecule has 9 atom stereocenters. The number of rotatable bonds is 11. The van der Waals surface area contributed by atoms with E-state index in [2.05, 4.69) is 23.6 Å². The van der Waals surface area contributed by atoms with Gasteiger partial charge in [0.15, 0.2) is 0 Å². The maximum absolute atomic E-state index is 12.5. The Balaban J connectivity index is 1.48. The Bertz CT molecular complexity index is 1020. The summed E-state index contributed by atoms with van der Waals surface area (Å²) in [5.74, 6) is -0.493. The Hall–Kier alpha value is -2.53. The average molecular weight is 577 g/mol. The van der Waals surface area contributed by atoms with Gasteiger partial charge < -0.3 is 34.7 Å². The SMILES string of the molecule is COC(=O)C[C@@H]1C[C@@]2(CO2)[C@H](O)[C@@H](/C=C/C(C)=C/C[C@@H]2O[C@H](C)[C@H](NC(=O)/C=C\[C@H](C)NC(=O)C(C)C)C[C@@H]2C)O1. The lowest BCUT2D eigenvalue weighted by Gasteiger charge is -2.39. The zero-order valence-electron chi connectivity index (χ0n) is 25.4. The highest BCUT2D eigenvalue weighted by Gasteiger charge is 2.58. The lowest BCUT2D eigenvalue weighted by atomic mass is 9.87. The number of nitrogens with one attached hydrogen (secondary N) is 2. The maximum atomic E-state index is 12.5. The van der Waals surface area contributed by atoms with Crippen LogP contribution in [0.4, 0.5) is 0 Å². The first-order valence-electron chi connectivity index (χ1n) is 14.7. The van der Waals surface area contributed by atoms with E-state index in [1.165, 1.54) is 13.2 Å². The van der Waals surface area contributed by atoms with Crippen molar-refractivity contribution in [2.24, 2.45) is 11.8 Å². The van der Waals surface area contributed by atoms with Gasteiger partial charge in [-0.3, -0.25) is 14.4 Å². The quantitative estimate of drug-likeness (QED) is 0.148. The van der Waals surface area contributed by atoms with Gasteiger partial charge >= 0.3 is 5.97 Å². The van der Waals surface area contributed by atoms with Crippen LogP contribution in [0.25, 0.3) is 0 Å². The van der Waals surface area contributed by atoms with E-state index in [1.807, 2.05) is 46.8 Å². The van der Waals surface area contributed by atoms with Crippen molar-refractivity contribution in [1.82, 2.24) is 10.6 Å². The number of carbonyl (C=O) groups is 3. The monoisotopic (exact) mass is 576 g/mol. The summed E-state index contributed by atoms with van der Waals surface area (Å²) < 4.78 is 22.6. The molecule has 0 aromatic carbocycles. The molecule has 10 nitrogen and oxygen atoms in total. The van der Waals surface area contributed by atoms with Gasteiger partial charge in [0, 0.05) is 24.5 Å². The molecule has 0 unspecified atom stereocenters. The van der Waals surface area contributed by atoms with Crippen molar-refractivity contribution in [1.29, 1.82) is 0 Å². The number of esters is 1. The number of ether oxygens (including phenoxy) is 4. The molecular weight excluding hydrogens is 528 g/mol. The number of epoxide rings is 1. The van der Waals surface area contributed by atoms with E-state index < -0.39 is 17.8 Å². The van der Waals surface area contributed by atoms with E-state index in [0.717, 1.165) is 12.0 Å². The van der Waals surface area contributed by atoms with Crippen molar-refractivity contribution in [2.45, 2.75) is 115 Å². The molecule has 1 spiro atoms. The lowest BCUT2D eigenvalue weighted by molar-refractivity contribution is -0.157. The predicted molar refractivity (Wildman–Crippen MR) is 154 cm³/mol. The summed E-state index contributed by atoms with van der Waals surface area (Å²) in [7, 11) is 1.35. The number of methoxy groups -OCH3 is 1. The summed E-state index contributed by atoms with van der Waals surface area (Å²) in [5, 5.41) is 16.7. The summed E-state index contributed by atoms with van der Waals surface area (Å²) in [6, 6.07) is -0.343. The van der Waals surface area contributed by atoms with Crippen LogP contribution in [0.2, 0.25) is 0 Å². The summed E-state index contributed by atoms with van der Waals surface area (Å²) in [5.41, 5.74) is 0.360. The van der Waals surface area contributed by atoms with Crippen LogP contribution in [0, 0.1) is 11.8 Å². The van der Waals surface area contributed by atoms with Gasteiger partial charge in [0.1, 0.15) is 17.8 Å². The second-order valence-electron chi connectivity index (χ2n) is 12.1. The van der Waals surface area contributed by atoms with Crippen LogP contribution >= 0.6 is 0 Å². The van der Waals surface area contributed by atoms with Crippen LogP contribution in [0.15, 0.2) is 36.0 Å². The van der Waals surface area contributed by atoms with Gasteiger partial charge in [-0.2, -0.15) is 0 Å². The highest BCUT2D eigenvalue weighted by atomic mass is 16.6. The summed E-state index contributed by atoms with van der Waals surface area (Å²) in [6.45, 7) is 12.0. The molecule has 230 valence electrons. The van der Waals surface area contributed by atoms with Crippen LogP contribution < -0.4 is 10.6 Å². The van der Waals surface area contributed by atoms with Crippen molar-refractivity contribution in [3.63, 3.8) is 0 Å². The van der Waals surface area contributed by atoms with Crippen LogP contribution in [0.1, 0.15) is 67.2 Å². The molecule has 3 fully saturated rings. The smallest absolute Gasteiger partial charge is 0.308 e. The molecule has 0 bridgehead atoms. The molecule has 0 aromatic heterocycles. The van der Waals surface area contributed by atoms with Gasteiger partial charge in [-0.25, -0.2) is 0 Å². The molecule has 3 rings (SSSR count). The Kier molecular flexibility index (Phi) is 11.7. The maximum Gasteiger partial charge on any atom is 0.308 e. The number of amides is 2. The van der Waals surface area contributed by atoms with Crippen LogP contribution in [-0.2, 0) is 33.3 Å². The minimum Gasteiger partial charge on any atom is -0.469 e.